The van der Waals surface area contributed by atoms with E-state index in [1.165, 1.54) is 0 Å². The lowest BCUT2D eigenvalue weighted by Gasteiger charge is -2.62. The Kier molecular flexibility index (Phi) is 2.66. The number of ketones is 1. The predicted molar refractivity (Wildman–Crippen MR) is 87.3 cm³/mol. The number of ether oxygens (including phenoxy) is 1. The number of phenolic OH excluding ortho intramolecular Hbond substituents is 1. The van der Waals surface area contributed by atoms with Gasteiger partial charge in [0.2, 0.25) is 0 Å². The zero-order valence-electron chi connectivity index (χ0n) is 13.5. The number of benzene rings is 1. The maximum absolute atomic E-state index is 12.6. The normalized spacial score (nSPS) is 39.3. The topological polar surface area (TPSA) is 70.0 Å². The summed E-state index contributed by atoms with van der Waals surface area (Å²) in [6.45, 7) is 5.36. The third kappa shape index (κ3) is 1.38. The van der Waals surface area contributed by atoms with E-state index < -0.39 is 17.1 Å². The van der Waals surface area contributed by atoms with Gasteiger partial charge in [0.1, 0.15) is 0 Å². The molecule has 2 fully saturated rings. The Labute approximate surface area is 140 Å². The van der Waals surface area contributed by atoms with E-state index in [0.717, 1.165) is 24.2 Å². The van der Waals surface area contributed by atoms with Gasteiger partial charge in [-0.2, -0.15) is 0 Å². The highest BCUT2D eigenvalue weighted by Crippen LogP contribution is 2.64. The Morgan fingerprint density at radius 2 is 2.25 bits per heavy atom. The van der Waals surface area contributed by atoms with Crippen molar-refractivity contribution >= 4 is 5.78 Å². The first-order chi connectivity index (χ1) is 11.5. The molecule has 1 saturated heterocycles. The summed E-state index contributed by atoms with van der Waals surface area (Å²) in [4.78, 5) is 14.9. The lowest BCUT2D eigenvalue weighted by Crippen LogP contribution is -2.76. The fraction of sp³-hybridized carbons (Fsp3) is 0.526. The molecule has 2 unspecified atom stereocenters. The summed E-state index contributed by atoms with van der Waals surface area (Å²) in [7, 11) is 0. The molecular formula is C19H21NO4. The van der Waals surface area contributed by atoms with Gasteiger partial charge in [-0.1, -0.05) is 12.1 Å². The Bertz CT molecular complexity index is 775. The molecule has 1 saturated carbocycles. The maximum atomic E-state index is 12.6. The number of hydrogen-bond acceptors (Lipinski definition) is 5. The van der Waals surface area contributed by atoms with Gasteiger partial charge >= 0.3 is 0 Å². The standard InChI is InChI=1S/C19H21NO4/c1-2-8-20-9-7-18-15-11-3-4-12(21)16(15)24-17(18)13(22)5-6-19(18,23)14(20)10-11/h2-4,14,17,21,23H,1,5-10H2/t14?,17-,18?,19+/m0/s1. The first-order valence-electron chi connectivity index (χ1n) is 8.65. The van der Waals surface area contributed by atoms with Gasteiger partial charge in [0, 0.05) is 31.1 Å². The van der Waals surface area contributed by atoms with Gasteiger partial charge < -0.3 is 14.9 Å². The molecule has 0 radical (unpaired) electrons. The first kappa shape index (κ1) is 14.5. The van der Waals surface area contributed by atoms with E-state index in [1.807, 2.05) is 12.1 Å². The summed E-state index contributed by atoms with van der Waals surface area (Å²) < 4.78 is 5.98. The van der Waals surface area contributed by atoms with Crippen LogP contribution in [0.4, 0.5) is 0 Å². The van der Waals surface area contributed by atoms with Crippen LogP contribution in [-0.4, -0.2) is 51.7 Å². The monoisotopic (exact) mass is 327 g/mol. The maximum Gasteiger partial charge on any atom is 0.174 e. The summed E-state index contributed by atoms with van der Waals surface area (Å²) in [6, 6.07) is 3.52. The molecule has 2 aliphatic heterocycles. The number of piperidine rings is 1. The number of rotatable bonds is 2. The number of phenols is 1. The van der Waals surface area contributed by atoms with Crippen molar-refractivity contribution in [3.63, 3.8) is 0 Å². The number of aromatic hydroxyl groups is 1. The molecule has 4 atom stereocenters. The second-order valence-electron chi connectivity index (χ2n) is 7.56. The highest BCUT2D eigenvalue weighted by atomic mass is 16.5. The summed E-state index contributed by atoms with van der Waals surface area (Å²) in [5.74, 6) is 0.528. The van der Waals surface area contributed by atoms with Crippen molar-refractivity contribution in [1.82, 2.24) is 4.90 Å². The molecule has 1 aromatic carbocycles. The zero-order chi connectivity index (χ0) is 16.7. The van der Waals surface area contributed by atoms with Crippen LogP contribution in [0.2, 0.25) is 0 Å². The highest BCUT2D eigenvalue weighted by molar-refractivity contribution is 5.90. The minimum Gasteiger partial charge on any atom is -0.504 e. The molecule has 2 heterocycles. The number of carbonyl (C=O) groups is 1. The average Bonchev–Trinajstić information content (AvgIpc) is 2.91. The van der Waals surface area contributed by atoms with E-state index >= 15 is 0 Å². The molecule has 2 bridgehead atoms. The molecular weight excluding hydrogens is 306 g/mol. The van der Waals surface area contributed by atoms with E-state index in [9.17, 15) is 15.0 Å². The lowest BCUT2D eigenvalue weighted by atomic mass is 9.49. The average molecular weight is 327 g/mol. The van der Waals surface area contributed by atoms with Gasteiger partial charge in [0.15, 0.2) is 23.4 Å². The van der Waals surface area contributed by atoms with E-state index in [4.69, 9.17) is 4.74 Å². The third-order valence-electron chi connectivity index (χ3n) is 6.73. The number of likely N-dealkylation sites (tertiary alicyclic amines) is 1. The van der Waals surface area contributed by atoms with Crippen LogP contribution in [0, 0.1) is 0 Å². The second kappa shape index (κ2) is 4.41. The number of carbonyl (C=O) groups excluding carboxylic acids is 1. The second-order valence-corrected chi connectivity index (χ2v) is 7.56. The number of aliphatic hydroxyl groups is 1. The van der Waals surface area contributed by atoms with Gasteiger partial charge in [-0.3, -0.25) is 9.69 Å². The van der Waals surface area contributed by atoms with Crippen molar-refractivity contribution < 1.29 is 19.7 Å². The van der Waals surface area contributed by atoms with Gasteiger partial charge in [-0.25, -0.2) is 0 Å². The van der Waals surface area contributed by atoms with Crippen molar-refractivity contribution in [3.05, 3.63) is 35.9 Å². The molecule has 4 aliphatic rings. The fourth-order valence-corrected chi connectivity index (χ4v) is 5.80. The minimum atomic E-state index is -1.00. The van der Waals surface area contributed by atoms with Crippen LogP contribution in [0.5, 0.6) is 11.5 Å². The molecule has 0 aromatic heterocycles. The Morgan fingerprint density at radius 1 is 1.42 bits per heavy atom. The van der Waals surface area contributed by atoms with Gasteiger partial charge in [0.05, 0.1) is 11.0 Å². The van der Waals surface area contributed by atoms with Crippen LogP contribution in [0.3, 0.4) is 0 Å². The third-order valence-corrected chi connectivity index (χ3v) is 6.73. The molecule has 24 heavy (non-hydrogen) atoms. The molecule has 1 aromatic rings. The summed E-state index contributed by atoms with van der Waals surface area (Å²) in [5.41, 5.74) is 0.256. The van der Waals surface area contributed by atoms with Crippen molar-refractivity contribution in [1.29, 1.82) is 0 Å². The highest BCUT2D eigenvalue weighted by Gasteiger charge is 2.72. The summed E-state index contributed by atoms with van der Waals surface area (Å²) in [6.07, 6.45) is 3.35. The van der Waals surface area contributed by atoms with Crippen LogP contribution in [0.1, 0.15) is 30.4 Å². The summed E-state index contributed by atoms with van der Waals surface area (Å²) >= 11 is 0. The summed E-state index contributed by atoms with van der Waals surface area (Å²) in [5, 5.41) is 22.1. The van der Waals surface area contributed by atoms with Crippen LogP contribution in [-0.2, 0) is 16.6 Å². The van der Waals surface area contributed by atoms with Crippen molar-refractivity contribution in [3.8, 4) is 11.5 Å². The van der Waals surface area contributed by atoms with E-state index in [0.29, 0.717) is 31.4 Å². The van der Waals surface area contributed by atoms with Gasteiger partial charge in [-0.15, -0.1) is 6.58 Å². The predicted octanol–water partition coefficient (Wildman–Crippen LogP) is 1.30. The van der Waals surface area contributed by atoms with Crippen molar-refractivity contribution in [2.24, 2.45) is 0 Å². The van der Waals surface area contributed by atoms with Crippen molar-refractivity contribution in [2.75, 3.05) is 13.1 Å². The smallest absolute Gasteiger partial charge is 0.174 e. The van der Waals surface area contributed by atoms with Crippen LogP contribution >= 0.6 is 0 Å². The van der Waals surface area contributed by atoms with Gasteiger partial charge in [-0.05, 0) is 30.9 Å². The number of nitrogens with zero attached hydrogens (tertiary/aromatic N) is 1. The fourth-order valence-electron chi connectivity index (χ4n) is 5.80. The van der Waals surface area contributed by atoms with Crippen LogP contribution in [0.25, 0.3) is 0 Å². The molecule has 2 N–H and O–H groups in total. The molecule has 2 aliphatic carbocycles. The zero-order valence-corrected chi connectivity index (χ0v) is 13.5. The molecule has 5 heteroatoms. The largest absolute Gasteiger partial charge is 0.504 e. The number of Topliss-reactive ketones (excluding diaryl/α,β-unsaturated/α-hetero) is 1. The quantitative estimate of drug-likeness (QED) is 0.802. The molecule has 5 rings (SSSR count). The molecule has 1 spiro atoms. The van der Waals surface area contributed by atoms with Crippen molar-refractivity contribution in [2.45, 2.75) is 48.8 Å². The van der Waals surface area contributed by atoms with Crippen LogP contribution in [0.15, 0.2) is 24.8 Å². The molecule has 0 amide bonds. The SMILES string of the molecule is C=CCN1CCC23c4c5ccc(O)c4O[C@H]2C(=O)CC[C@@]3(O)C1C5. The van der Waals surface area contributed by atoms with Gasteiger partial charge in [0.25, 0.3) is 0 Å². The minimum absolute atomic E-state index is 0.0408. The molecule has 126 valence electrons. The Morgan fingerprint density at radius 3 is 3.04 bits per heavy atom. The first-order valence-corrected chi connectivity index (χ1v) is 8.65. The van der Waals surface area contributed by atoms with Crippen LogP contribution < -0.4 is 4.74 Å². The van der Waals surface area contributed by atoms with E-state index in [2.05, 4.69) is 11.5 Å². The number of hydrogen-bond donors (Lipinski definition) is 2. The Balaban J connectivity index is 1.80. The lowest BCUT2D eigenvalue weighted by molar-refractivity contribution is -0.187. The Hall–Kier alpha value is -1.85. The van der Waals surface area contributed by atoms with E-state index in [-0.39, 0.29) is 17.6 Å². The van der Waals surface area contributed by atoms with E-state index in [1.54, 1.807) is 6.07 Å². The molecule has 5 nitrogen and oxygen atoms in total.